The minimum atomic E-state index is -1.42. The topological polar surface area (TPSA) is 207 Å². The standard InChI is InChI=1S/C43H39Cl2N3O7.C39H36Cl2N2O5/c1-20-18-42(3,4)46-13-7-9-22-36(46)24(20)15-26-32(27-16-25-21(2)19-43(5,6)47-14-8-10-23(37(25)47)39(27)54-38(22)26)33-29(44)17-28(35(45)34(33)40(51)52)41(53)55-48-30(49)11-12-31(48)50;1-18-16-38(3,4)42-11-7-9-20-32(42)22(18)13-24-28(29-27(40)15-26(36(44)45)31(41)30(29)37(46)47)25-14-23-19(2)17-39(5,6)43-12-8-10-21(33(23)43)35(25)48-34(20)24/h15-19H,7-14H2,1-6H3;13-17H,7-12H2,1-6H3,(H-,44,45,46,47)/p+2. The van der Waals surface area contributed by atoms with E-state index in [9.17, 15) is 44.1 Å². The molecule has 0 spiro atoms. The molecule has 0 aromatic heterocycles. The minimum absolute atomic E-state index is 0.00535. The van der Waals surface area contributed by atoms with Crippen LogP contribution in [0.4, 0.5) is 11.4 Å². The van der Waals surface area contributed by atoms with E-state index in [1.54, 1.807) is 0 Å². The van der Waals surface area contributed by atoms with E-state index >= 15 is 0 Å². The average molecular weight is 1470 g/mol. The number of nitrogens with zero attached hydrogens (tertiary/aromatic N) is 5. The summed E-state index contributed by atoms with van der Waals surface area (Å²) in [5.74, 6) is -3.94. The van der Waals surface area contributed by atoms with Gasteiger partial charge in [0, 0.05) is 144 Å². The van der Waals surface area contributed by atoms with E-state index in [0.29, 0.717) is 50.0 Å². The molecule has 21 heteroatoms. The summed E-state index contributed by atoms with van der Waals surface area (Å²) in [6.07, 6.45) is 15.7. The molecule has 0 radical (unpaired) electrons. The molecule has 11 aliphatic rings. The van der Waals surface area contributed by atoms with Crippen molar-refractivity contribution in [2.45, 2.75) is 169 Å². The number of hydroxylamine groups is 2. The SMILES string of the molecule is CC1=CC(C)(C)N2CCCc3c4c(cc1c32)C(c1c(Cl)cc(C(=O)O)c(Cl)c1C(=O)O)=c1cc2c3c(c1O4)CCC[N+]=3C(C)(C)C=C2C.CC1=CC(C)(C)N2CCCc3c4c(cc1c32)C(c1c(Cl)cc(C(=O)ON2C(=O)CCC2=O)c(Cl)c1C(=O)O)=c1cc2c3c(c1O4)CCC[N+]=3C(C)(C)C=C2C. The first-order chi connectivity index (χ1) is 48.6. The Bertz CT molecular complexity index is 5540. The van der Waals surface area contributed by atoms with Crippen LogP contribution in [0.1, 0.15) is 230 Å². The Balaban J connectivity index is 0.000000161. The van der Waals surface area contributed by atoms with Gasteiger partial charge in [-0.25, -0.2) is 28.3 Å². The number of carboxylic acids is 3. The molecule has 6 aromatic carbocycles. The number of allylic oxidation sites excluding steroid dienone is 4. The van der Waals surface area contributed by atoms with Crippen LogP contribution >= 0.6 is 46.4 Å². The maximum Gasteiger partial charge on any atom is 0.365 e. The Morgan fingerprint density at radius 1 is 0.466 bits per heavy atom. The Morgan fingerprint density at radius 3 is 1.26 bits per heavy atom. The van der Waals surface area contributed by atoms with Crippen molar-refractivity contribution in [1.82, 2.24) is 14.2 Å². The Kier molecular flexibility index (Phi) is 15.6. The van der Waals surface area contributed by atoms with Gasteiger partial charge in [0.05, 0.1) is 75.9 Å². The summed E-state index contributed by atoms with van der Waals surface area (Å²) in [6.45, 7) is 29.8. The van der Waals surface area contributed by atoms with Gasteiger partial charge in [-0.1, -0.05) is 58.6 Å². The highest BCUT2D eigenvalue weighted by Crippen LogP contribution is 2.56. The van der Waals surface area contributed by atoms with Gasteiger partial charge < -0.3 is 39.4 Å². The van der Waals surface area contributed by atoms with E-state index in [4.69, 9.17) is 60.7 Å². The summed E-state index contributed by atoms with van der Waals surface area (Å²) in [6, 6.07) is 10.9. The van der Waals surface area contributed by atoms with Crippen LogP contribution in [0.3, 0.4) is 0 Å². The maximum absolute atomic E-state index is 13.5. The number of carbonyl (C=O) groups is 6. The first-order valence-corrected chi connectivity index (χ1v) is 36.8. The van der Waals surface area contributed by atoms with Crippen LogP contribution in [0.15, 0.2) is 60.7 Å². The summed E-state index contributed by atoms with van der Waals surface area (Å²) in [5.41, 5.74) is 15.7. The first-order valence-electron chi connectivity index (χ1n) is 35.3. The molecule has 528 valence electrons. The number of hydrogen-bond acceptors (Lipinski definition) is 11. The van der Waals surface area contributed by atoms with Gasteiger partial charge in [0.15, 0.2) is 11.1 Å². The van der Waals surface area contributed by atoms with Gasteiger partial charge >= 0.3 is 23.9 Å². The smallest absolute Gasteiger partial charge is 0.365 e. The zero-order valence-corrected chi connectivity index (χ0v) is 62.5. The van der Waals surface area contributed by atoms with Gasteiger partial charge in [0.25, 0.3) is 11.8 Å². The number of hydrogen-bond donors (Lipinski definition) is 3. The van der Waals surface area contributed by atoms with Gasteiger partial charge in [0.1, 0.15) is 36.1 Å². The van der Waals surface area contributed by atoms with Gasteiger partial charge in [-0.15, -0.1) is 5.06 Å². The van der Waals surface area contributed by atoms with E-state index in [0.717, 1.165) is 177 Å². The lowest BCUT2D eigenvalue weighted by molar-refractivity contribution is -0.172. The molecule has 0 unspecified atom stereocenters. The highest BCUT2D eigenvalue weighted by Gasteiger charge is 2.47. The number of amides is 2. The molecule has 0 atom stereocenters. The third kappa shape index (κ3) is 10.1. The molecular formula is C82H77Cl4N5O12+2. The average Bonchev–Trinajstić information content (AvgIpc) is 0.893. The number of rotatable bonds is 7. The largest absolute Gasteiger partial charge is 0.478 e. The fourth-order valence-corrected chi connectivity index (χ4v) is 20.0. The number of imide groups is 1. The lowest BCUT2D eigenvalue weighted by Gasteiger charge is -2.47. The fourth-order valence-electron chi connectivity index (χ4n) is 18.8. The predicted molar refractivity (Wildman–Crippen MR) is 399 cm³/mol. The van der Waals surface area contributed by atoms with E-state index < -0.39 is 46.3 Å². The van der Waals surface area contributed by atoms with Crippen molar-refractivity contribution in [2.75, 3.05) is 36.0 Å². The number of carbonyl (C=O) groups excluding carboxylic acids is 3. The highest BCUT2D eigenvalue weighted by molar-refractivity contribution is 6.41. The maximum atomic E-state index is 13.5. The molecule has 6 aromatic rings. The number of aromatic carboxylic acids is 3. The molecule has 2 amide bonds. The molecule has 103 heavy (non-hydrogen) atoms. The van der Waals surface area contributed by atoms with Crippen molar-refractivity contribution in [3.8, 4) is 23.0 Å². The monoisotopic (exact) mass is 1460 g/mol. The van der Waals surface area contributed by atoms with Crippen LogP contribution in [-0.2, 0) is 40.1 Å². The van der Waals surface area contributed by atoms with Gasteiger partial charge in [-0.05, 0) is 165 Å². The first kappa shape index (κ1) is 68.4. The van der Waals surface area contributed by atoms with Crippen LogP contribution in [0, 0.1) is 0 Å². The van der Waals surface area contributed by atoms with E-state index in [-0.39, 0.29) is 77.9 Å². The fraction of sp³-hybridized carbons (Fsp3) is 0.366. The summed E-state index contributed by atoms with van der Waals surface area (Å²) in [5, 5.41) is 34.8. The van der Waals surface area contributed by atoms with Gasteiger partial charge in [0.2, 0.25) is 10.7 Å². The lowest BCUT2D eigenvalue weighted by Crippen LogP contribution is -2.53. The van der Waals surface area contributed by atoms with Crippen molar-refractivity contribution in [2.24, 2.45) is 0 Å². The predicted octanol–water partition coefficient (Wildman–Crippen LogP) is 14.2. The third-order valence-corrected chi connectivity index (χ3v) is 24.3. The molecule has 1 saturated heterocycles. The number of ether oxygens (including phenoxy) is 2. The van der Waals surface area contributed by atoms with E-state index in [1.165, 1.54) is 12.1 Å². The van der Waals surface area contributed by atoms with E-state index in [1.807, 2.05) is 0 Å². The van der Waals surface area contributed by atoms with Crippen molar-refractivity contribution in [1.29, 1.82) is 0 Å². The molecule has 17 rings (SSSR count). The second-order valence-corrected chi connectivity index (χ2v) is 32.8. The Labute approximate surface area is 615 Å². The van der Waals surface area contributed by atoms with Gasteiger partial charge in [-0.3, -0.25) is 9.59 Å². The second kappa shape index (κ2) is 23.5. The van der Waals surface area contributed by atoms with E-state index in [2.05, 4.69) is 151 Å². The summed E-state index contributed by atoms with van der Waals surface area (Å²) in [4.78, 5) is 86.9. The Hall–Kier alpha value is -9.00. The van der Waals surface area contributed by atoms with Crippen LogP contribution < -0.4 is 49.6 Å². The van der Waals surface area contributed by atoms with Crippen LogP contribution in [-0.4, -0.2) is 104 Å². The van der Waals surface area contributed by atoms with Crippen molar-refractivity contribution >= 4 is 127 Å². The number of halogens is 4. The summed E-state index contributed by atoms with van der Waals surface area (Å²) in [7, 11) is 0. The number of benzene rings is 6. The molecule has 11 heterocycles. The summed E-state index contributed by atoms with van der Waals surface area (Å²) >= 11 is 27.8. The third-order valence-electron chi connectivity index (χ3n) is 22.9. The normalized spacial score (nSPS) is 19.6. The molecule has 1 fully saturated rings. The molecule has 0 saturated carbocycles. The van der Waals surface area contributed by atoms with Crippen molar-refractivity contribution in [3.63, 3.8) is 0 Å². The van der Waals surface area contributed by atoms with Crippen LogP contribution in [0.2, 0.25) is 20.1 Å². The molecule has 3 N–H and O–H groups in total. The molecule has 0 bridgehead atoms. The molecule has 0 aliphatic carbocycles. The van der Waals surface area contributed by atoms with Crippen molar-refractivity contribution < 1.29 is 58.4 Å². The molecular weight excluding hydrogens is 1390 g/mol. The second-order valence-electron chi connectivity index (χ2n) is 31.2. The van der Waals surface area contributed by atoms with Gasteiger partial charge in [-0.2, -0.15) is 0 Å². The number of fused-ring (bicyclic) bond motifs is 8. The quantitative estimate of drug-likeness (QED) is 0.100. The lowest BCUT2D eigenvalue weighted by atomic mass is 9.78. The number of carboxylic acid groups (broad SMARTS) is 3. The zero-order chi connectivity index (χ0) is 73.2. The van der Waals surface area contributed by atoms with Crippen molar-refractivity contribution in [3.05, 3.63) is 191 Å². The molecule has 11 aliphatic heterocycles. The summed E-state index contributed by atoms with van der Waals surface area (Å²) < 4.78 is 19.3. The zero-order valence-electron chi connectivity index (χ0n) is 59.4. The van der Waals surface area contributed by atoms with Crippen LogP contribution in [0.5, 0.6) is 23.0 Å². The van der Waals surface area contributed by atoms with Crippen LogP contribution in [0.25, 0.3) is 33.4 Å². The number of anilines is 2. The molecule has 17 nitrogen and oxygen atoms in total. The highest BCUT2D eigenvalue weighted by atomic mass is 35.5. The minimum Gasteiger partial charge on any atom is -0.478 e. The Morgan fingerprint density at radius 2 is 0.854 bits per heavy atom.